The van der Waals surface area contributed by atoms with Gasteiger partial charge in [-0.05, 0) is 43.9 Å². The van der Waals surface area contributed by atoms with E-state index in [4.69, 9.17) is 4.74 Å². The molecule has 3 atom stereocenters. The zero-order chi connectivity index (χ0) is 13.4. The number of carbonyl (C=O) groups excluding carboxylic acids is 1. The van der Waals surface area contributed by atoms with E-state index >= 15 is 0 Å². The average molecular weight is 280 g/mol. The zero-order valence-electron chi connectivity index (χ0n) is 11.4. The third kappa shape index (κ3) is 2.48. The highest BCUT2D eigenvalue weighted by Gasteiger charge is 2.39. The number of hydrogen-bond donors (Lipinski definition) is 1. The van der Waals surface area contributed by atoms with Gasteiger partial charge >= 0.3 is 5.97 Å². The number of nitrogens with one attached hydrogen (secondary N) is 1. The minimum Gasteiger partial charge on any atom is -0.465 e. The Labute approximate surface area is 117 Å². The Bertz CT molecular complexity index is 486. The largest absolute Gasteiger partial charge is 0.465 e. The van der Waals surface area contributed by atoms with E-state index in [0.717, 1.165) is 35.1 Å². The smallest absolute Gasteiger partial charge is 0.350 e. The Morgan fingerprint density at radius 3 is 2.95 bits per heavy atom. The summed E-state index contributed by atoms with van der Waals surface area (Å²) >= 11 is 1.40. The maximum Gasteiger partial charge on any atom is 0.350 e. The number of ether oxygens (including phenoxy) is 1. The summed E-state index contributed by atoms with van der Waals surface area (Å²) in [6, 6.07) is 0. The SMILES string of the molecule is COC(=O)c1sc(NCC2CC3CCC2C3)nc1C. The molecule has 2 saturated carbocycles. The Morgan fingerprint density at radius 2 is 2.32 bits per heavy atom. The second-order valence-electron chi connectivity index (χ2n) is 5.74. The van der Waals surface area contributed by atoms with Crippen molar-refractivity contribution < 1.29 is 9.53 Å². The monoisotopic (exact) mass is 280 g/mol. The quantitative estimate of drug-likeness (QED) is 0.861. The van der Waals surface area contributed by atoms with Gasteiger partial charge in [0.05, 0.1) is 12.8 Å². The number of nitrogens with zero attached hydrogens (tertiary/aromatic N) is 1. The van der Waals surface area contributed by atoms with Crippen LogP contribution in [0.4, 0.5) is 5.13 Å². The van der Waals surface area contributed by atoms with E-state index in [9.17, 15) is 4.79 Å². The Hall–Kier alpha value is -1.10. The van der Waals surface area contributed by atoms with Crippen LogP contribution in [0.1, 0.15) is 41.0 Å². The maximum absolute atomic E-state index is 11.5. The fourth-order valence-electron chi connectivity index (χ4n) is 3.60. The molecule has 0 saturated heterocycles. The van der Waals surface area contributed by atoms with Gasteiger partial charge in [0, 0.05) is 6.54 Å². The molecule has 1 aromatic heterocycles. The van der Waals surface area contributed by atoms with Gasteiger partial charge in [-0.25, -0.2) is 9.78 Å². The predicted octanol–water partition coefficient (Wildman–Crippen LogP) is 3.09. The van der Waals surface area contributed by atoms with E-state index in [-0.39, 0.29) is 5.97 Å². The van der Waals surface area contributed by atoms with E-state index in [2.05, 4.69) is 10.3 Å². The van der Waals surface area contributed by atoms with Gasteiger partial charge in [-0.1, -0.05) is 17.8 Å². The molecule has 0 radical (unpaired) electrons. The first-order valence-electron chi connectivity index (χ1n) is 6.97. The molecule has 0 amide bonds. The molecule has 4 nitrogen and oxygen atoms in total. The molecule has 2 fully saturated rings. The van der Waals surface area contributed by atoms with Crippen LogP contribution < -0.4 is 5.32 Å². The van der Waals surface area contributed by atoms with Crippen LogP contribution in [0.2, 0.25) is 0 Å². The lowest BCUT2D eigenvalue weighted by molar-refractivity contribution is 0.0605. The molecule has 19 heavy (non-hydrogen) atoms. The molecule has 2 aliphatic rings. The van der Waals surface area contributed by atoms with Crippen molar-refractivity contribution >= 4 is 22.4 Å². The van der Waals surface area contributed by atoms with Gasteiger partial charge in [0.1, 0.15) is 4.88 Å². The summed E-state index contributed by atoms with van der Waals surface area (Å²) in [5.41, 5.74) is 0.757. The van der Waals surface area contributed by atoms with Crippen LogP contribution in [-0.2, 0) is 4.74 Å². The highest BCUT2D eigenvalue weighted by atomic mass is 32.1. The minimum atomic E-state index is -0.289. The van der Waals surface area contributed by atoms with Crippen molar-refractivity contribution in [3.63, 3.8) is 0 Å². The molecule has 2 aliphatic carbocycles. The van der Waals surface area contributed by atoms with E-state index in [1.165, 1.54) is 44.1 Å². The number of aromatic nitrogens is 1. The number of anilines is 1. The molecule has 0 aliphatic heterocycles. The van der Waals surface area contributed by atoms with Crippen LogP contribution >= 0.6 is 11.3 Å². The summed E-state index contributed by atoms with van der Waals surface area (Å²) in [4.78, 5) is 16.6. The summed E-state index contributed by atoms with van der Waals surface area (Å²) in [6.45, 7) is 2.85. The van der Waals surface area contributed by atoms with E-state index < -0.39 is 0 Å². The van der Waals surface area contributed by atoms with Crippen LogP contribution in [0.25, 0.3) is 0 Å². The number of methoxy groups -OCH3 is 1. The Morgan fingerprint density at radius 1 is 1.47 bits per heavy atom. The maximum atomic E-state index is 11.5. The average Bonchev–Trinajstić information content (AvgIpc) is 3.10. The number of thiazole rings is 1. The predicted molar refractivity (Wildman–Crippen MR) is 75.6 cm³/mol. The van der Waals surface area contributed by atoms with Crippen LogP contribution in [0.3, 0.4) is 0 Å². The first kappa shape index (κ1) is 12.9. The summed E-state index contributed by atoms with van der Waals surface area (Å²) < 4.78 is 4.75. The third-order valence-electron chi connectivity index (χ3n) is 4.57. The summed E-state index contributed by atoms with van der Waals surface area (Å²) in [6.07, 6.45) is 5.63. The van der Waals surface area contributed by atoms with Crippen LogP contribution in [0.5, 0.6) is 0 Å². The minimum absolute atomic E-state index is 0.289. The molecular formula is C14H20N2O2S. The molecule has 3 rings (SSSR count). The van der Waals surface area contributed by atoms with E-state index in [0.29, 0.717) is 4.88 Å². The first-order chi connectivity index (χ1) is 9.17. The van der Waals surface area contributed by atoms with Crippen molar-refractivity contribution in [3.05, 3.63) is 10.6 Å². The van der Waals surface area contributed by atoms with Gasteiger partial charge in [0.2, 0.25) is 0 Å². The summed E-state index contributed by atoms with van der Waals surface area (Å²) in [7, 11) is 1.41. The van der Waals surface area contributed by atoms with Crippen LogP contribution in [-0.4, -0.2) is 24.6 Å². The normalized spacial score (nSPS) is 28.6. The molecule has 1 aromatic rings. The lowest BCUT2D eigenvalue weighted by atomic mass is 9.89. The van der Waals surface area contributed by atoms with Crippen LogP contribution in [0, 0.1) is 24.7 Å². The molecule has 0 aromatic carbocycles. The zero-order valence-corrected chi connectivity index (χ0v) is 12.3. The van der Waals surface area contributed by atoms with Crippen molar-refractivity contribution in [1.29, 1.82) is 0 Å². The summed E-state index contributed by atoms with van der Waals surface area (Å²) in [5, 5.41) is 4.26. The topological polar surface area (TPSA) is 51.2 Å². The molecule has 0 spiro atoms. The molecule has 5 heteroatoms. The molecule has 1 N–H and O–H groups in total. The second-order valence-corrected chi connectivity index (χ2v) is 6.74. The molecule has 104 valence electrons. The van der Waals surface area contributed by atoms with Crippen molar-refractivity contribution in [2.24, 2.45) is 17.8 Å². The van der Waals surface area contributed by atoms with Crippen molar-refractivity contribution in [2.45, 2.75) is 32.6 Å². The first-order valence-corrected chi connectivity index (χ1v) is 7.78. The highest BCUT2D eigenvalue weighted by molar-refractivity contribution is 7.17. The van der Waals surface area contributed by atoms with Crippen LogP contribution in [0.15, 0.2) is 0 Å². The standard InChI is InChI=1S/C14H20N2O2S/c1-8-12(13(17)18-2)19-14(16-8)15-7-11-6-9-3-4-10(11)5-9/h9-11H,3-7H2,1-2H3,(H,15,16). The van der Waals surface area contributed by atoms with Gasteiger partial charge in [-0.2, -0.15) is 0 Å². The summed E-state index contributed by atoms with van der Waals surface area (Å²) in [5.74, 6) is 2.40. The molecular weight excluding hydrogens is 260 g/mol. The van der Waals surface area contributed by atoms with Crippen molar-refractivity contribution in [3.8, 4) is 0 Å². The van der Waals surface area contributed by atoms with Gasteiger partial charge in [-0.3, -0.25) is 0 Å². The Kier molecular flexibility index (Phi) is 3.48. The fraction of sp³-hybridized carbons (Fsp3) is 0.714. The van der Waals surface area contributed by atoms with Gasteiger partial charge in [-0.15, -0.1) is 0 Å². The number of rotatable bonds is 4. The fourth-order valence-corrected chi connectivity index (χ4v) is 4.49. The van der Waals surface area contributed by atoms with Gasteiger partial charge in [0.25, 0.3) is 0 Å². The second kappa shape index (κ2) is 5.12. The van der Waals surface area contributed by atoms with Gasteiger partial charge < -0.3 is 10.1 Å². The molecule has 1 heterocycles. The highest BCUT2D eigenvalue weighted by Crippen LogP contribution is 2.48. The molecule has 2 bridgehead atoms. The number of hydrogen-bond acceptors (Lipinski definition) is 5. The van der Waals surface area contributed by atoms with E-state index in [1.54, 1.807) is 0 Å². The van der Waals surface area contributed by atoms with Gasteiger partial charge in [0.15, 0.2) is 5.13 Å². The van der Waals surface area contributed by atoms with Crippen molar-refractivity contribution in [2.75, 3.05) is 19.0 Å². The lowest BCUT2D eigenvalue weighted by Gasteiger charge is -2.21. The number of aryl methyl sites for hydroxylation is 1. The molecule has 3 unspecified atom stereocenters. The number of carbonyl (C=O) groups is 1. The number of fused-ring (bicyclic) bond motifs is 2. The lowest BCUT2D eigenvalue weighted by Crippen LogP contribution is -2.19. The third-order valence-corrected chi connectivity index (χ3v) is 5.66. The Balaban J connectivity index is 1.60. The van der Waals surface area contributed by atoms with Crippen molar-refractivity contribution in [1.82, 2.24) is 4.98 Å². The van der Waals surface area contributed by atoms with E-state index in [1.807, 2.05) is 6.92 Å². The number of esters is 1.